The van der Waals surface area contributed by atoms with E-state index in [0.717, 1.165) is 26.3 Å². The lowest BCUT2D eigenvalue weighted by molar-refractivity contribution is 0.182. The van der Waals surface area contributed by atoms with E-state index in [9.17, 15) is 0 Å². The van der Waals surface area contributed by atoms with Crippen molar-refractivity contribution in [2.75, 3.05) is 40.4 Å². The van der Waals surface area contributed by atoms with Gasteiger partial charge in [0.1, 0.15) is 0 Å². The minimum Gasteiger partial charge on any atom is -0.393 e. The highest BCUT2D eigenvalue weighted by molar-refractivity contribution is 6.64. The highest BCUT2D eigenvalue weighted by atomic mass is 28.4. The molecule has 0 aliphatic heterocycles. The Bertz CT molecular complexity index is 111. The maximum Gasteiger partial charge on any atom is 0.331 e. The second-order valence-corrected chi connectivity index (χ2v) is 6.68. The minimum atomic E-state index is -1.86. The van der Waals surface area contributed by atoms with Crippen molar-refractivity contribution in [1.82, 2.24) is 10.6 Å². The van der Waals surface area contributed by atoms with Crippen LogP contribution in [0.25, 0.3) is 0 Å². The van der Waals surface area contributed by atoms with E-state index in [2.05, 4.69) is 23.7 Å². The molecule has 0 rings (SSSR count). The van der Waals surface area contributed by atoms with E-state index < -0.39 is 8.56 Å². The van der Waals surface area contributed by atoms with Crippen LogP contribution in [0.2, 0.25) is 13.1 Å². The molecule has 5 heteroatoms. The molecule has 0 aliphatic rings. The Morgan fingerprint density at radius 1 is 0.923 bits per heavy atom. The lowest BCUT2D eigenvalue weighted by Gasteiger charge is -2.22. The molecule has 0 saturated heterocycles. The molecule has 0 saturated carbocycles. The van der Waals surface area contributed by atoms with Crippen LogP contribution in [0.15, 0.2) is 0 Å². The zero-order chi connectivity index (χ0) is 10.2. The summed E-state index contributed by atoms with van der Waals surface area (Å²) in [5.74, 6) is 0. The van der Waals surface area contributed by atoms with Crippen molar-refractivity contribution in [3.63, 3.8) is 0 Å². The molecule has 0 atom stereocenters. The predicted molar refractivity (Wildman–Crippen MR) is 57.2 cm³/mol. The number of rotatable bonds is 8. The summed E-state index contributed by atoms with van der Waals surface area (Å²) >= 11 is 0. The topological polar surface area (TPSA) is 42.5 Å². The van der Waals surface area contributed by atoms with E-state index in [1.165, 1.54) is 0 Å². The second-order valence-electron chi connectivity index (χ2n) is 3.30. The Hall–Kier alpha value is 0.0569. The Morgan fingerprint density at radius 3 is 1.62 bits per heavy atom. The van der Waals surface area contributed by atoms with Crippen molar-refractivity contribution >= 4 is 8.56 Å². The third-order valence-electron chi connectivity index (χ3n) is 1.60. The van der Waals surface area contributed by atoms with Crippen LogP contribution in [-0.2, 0) is 8.85 Å². The van der Waals surface area contributed by atoms with Crippen LogP contribution < -0.4 is 10.6 Å². The van der Waals surface area contributed by atoms with Gasteiger partial charge in [-0.3, -0.25) is 0 Å². The first-order valence-corrected chi connectivity index (χ1v) is 7.51. The zero-order valence-electron chi connectivity index (χ0n) is 9.14. The van der Waals surface area contributed by atoms with Gasteiger partial charge in [0.25, 0.3) is 0 Å². The predicted octanol–water partition coefficient (Wildman–Crippen LogP) is 0.160. The molecule has 0 heterocycles. The smallest absolute Gasteiger partial charge is 0.331 e. The minimum absolute atomic E-state index is 0.731. The van der Waals surface area contributed by atoms with E-state index in [4.69, 9.17) is 8.85 Å². The van der Waals surface area contributed by atoms with E-state index >= 15 is 0 Å². The average Bonchev–Trinajstić information content (AvgIpc) is 2.05. The molecule has 2 N–H and O–H groups in total. The average molecular weight is 206 g/mol. The third kappa shape index (κ3) is 8.39. The summed E-state index contributed by atoms with van der Waals surface area (Å²) in [4.78, 5) is 0. The Morgan fingerprint density at radius 2 is 1.31 bits per heavy atom. The van der Waals surface area contributed by atoms with Gasteiger partial charge >= 0.3 is 8.56 Å². The van der Waals surface area contributed by atoms with Crippen molar-refractivity contribution in [2.45, 2.75) is 13.1 Å². The highest BCUT2D eigenvalue weighted by Gasteiger charge is 2.23. The summed E-state index contributed by atoms with van der Waals surface area (Å²) in [5.41, 5.74) is 0. The van der Waals surface area contributed by atoms with Crippen molar-refractivity contribution in [1.29, 1.82) is 0 Å². The molecule has 0 unspecified atom stereocenters. The van der Waals surface area contributed by atoms with Gasteiger partial charge in [-0.1, -0.05) is 0 Å². The van der Waals surface area contributed by atoms with Crippen LogP contribution in [0, 0.1) is 0 Å². The van der Waals surface area contributed by atoms with Gasteiger partial charge in [-0.25, -0.2) is 0 Å². The molecule has 0 spiro atoms. The van der Waals surface area contributed by atoms with Crippen LogP contribution in [0.5, 0.6) is 0 Å². The first-order chi connectivity index (χ1) is 6.12. The zero-order valence-corrected chi connectivity index (χ0v) is 10.1. The Balaban J connectivity index is 3.42. The summed E-state index contributed by atoms with van der Waals surface area (Å²) in [6.07, 6.45) is 0. The van der Waals surface area contributed by atoms with Gasteiger partial charge in [-0.15, -0.1) is 0 Å². The maximum absolute atomic E-state index is 5.64. The molecule has 0 aromatic carbocycles. The lowest BCUT2D eigenvalue weighted by atomic mass is 10.7. The largest absolute Gasteiger partial charge is 0.393 e. The van der Waals surface area contributed by atoms with Gasteiger partial charge in [-0.05, 0) is 27.2 Å². The first-order valence-electron chi connectivity index (χ1n) is 4.69. The van der Waals surface area contributed by atoms with Crippen LogP contribution in [0.4, 0.5) is 0 Å². The van der Waals surface area contributed by atoms with Crippen molar-refractivity contribution in [3.05, 3.63) is 0 Å². The fourth-order valence-electron chi connectivity index (χ4n) is 0.839. The molecule has 0 amide bonds. The van der Waals surface area contributed by atoms with E-state index in [0.29, 0.717) is 0 Å². The summed E-state index contributed by atoms with van der Waals surface area (Å²) in [5, 5.41) is 6.07. The van der Waals surface area contributed by atoms with Crippen LogP contribution in [-0.4, -0.2) is 49.0 Å². The Kier molecular flexibility index (Phi) is 7.49. The van der Waals surface area contributed by atoms with E-state index in [1.807, 2.05) is 14.1 Å². The molecular formula is C8H22N2O2Si. The maximum atomic E-state index is 5.64. The normalized spacial score (nSPS) is 12.0. The van der Waals surface area contributed by atoms with Crippen LogP contribution in [0.3, 0.4) is 0 Å². The van der Waals surface area contributed by atoms with Crippen LogP contribution >= 0.6 is 0 Å². The molecule has 0 aromatic rings. The van der Waals surface area contributed by atoms with Crippen molar-refractivity contribution in [2.24, 2.45) is 0 Å². The first kappa shape index (κ1) is 13.1. The molecule has 0 bridgehead atoms. The summed E-state index contributed by atoms with van der Waals surface area (Å²) in [7, 11) is 1.98. The molecule has 0 fully saturated rings. The number of nitrogens with one attached hydrogen (secondary N) is 2. The molecule has 0 aliphatic carbocycles. The van der Waals surface area contributed by atoms with Gasteiger partial charge in [0.15, 0.2) is 0 Å². The van der Waals surface area contributed by atoms with Crippen LogP contribution in [0.1, 0.15) is 0 Å². The van der Waals surface area contributed by atoms with Gasteiger partial charge in [-0.2, -0.15) is 0 Å². The fraction of sp³-hybridized carbons (Fsp3) is 1.00. The molecule has 0 aromatic heterocycles. The number of hydrogen-bond acceptors (Lipinski definition) is 4. The second kappa shape index (κ2) is 7.46. The SMILES string of the molecule is CNCCO[Si](C)(C)OCCNC. The molecule has 80 valence electrons. The summed E-state index contributed by atoms with van der Waals surface area (Å²) in [6.45, 7) is 7.36. The molecule has 0 radical (unpaired) electrons. The summed E-state index contributed by atoms with van der Waals surface area (Å²) in [6, 6.07) is 0. The van der Waals surface area contributed by atoms with Gasteiger partial charge < -0.3 is 19.5 Å². The molecule has 13 heavy (non-hydrogen) atoms. The van der Waals surface area contributed by atoms with Gasteiger partial charge in [0.05, 0.1) is 0 Å². The quantitative estimate of drug-likeness (QED) is 0.438. The fourth-order valence-corrected chi connectivity index (χ4v) is 2.11. The third-order valence-corrected chi connectivity index (χ3v) is 3.40. The number of likely N-dealkylation sites (N-methyl/N-ethyl adjacent to an activating group) is 2. The highest BCUT2D eigenvalue weighted by Crippen LogP contribution is 2.04. The summed E-state index contributed by atoms with van der Waals surface area (Å²) < 4.78 is 11.3. The molecular weight excluding hydrogens is 184 g/mol. The lowest BCUT2D eigenvalue weighted by Crippen LogP contribution is -2.38. The monoisotopic (exact) mass is 206 g/mol. The van der Waals surface area contributed by atoms with Crippen molar-refractivity contribution < 1.29 is 8.85 Å². The van der Waals surface area contributed by atoms with Crippen molar-refractivity contribution in [3.8, 4) is 0 Å². The van der Waals surface area contributed by atoms with Gasteiger partial charge in [0.2, 0.25) is 0 Å². The van der Waals surface area contributed by atoms with E-state index in [-0.39, 0.29) is 0 Å². The van der Waals surface area contributed by atoms with E-state index in [1.54, 1.807) is 0 Å². The van der Waals surface area contributed by atoms with Gasteiger partial charge in [0, 0.05) is 26.3 Å². The standard InChI is InChI=1S/C8H22N2O2Si/c1-9-5-7-11-13(3,4)12-8-6-10-2/h9-10H,5-8H2,1-4H3. The Labute approximate surface area is 82.2 Å². The molecule has 4 nitrogen and oxygen atoms in total. The number of hydrogen-bond donors (Lipinski definition) is 2.